The van der Waals surface area contributed by atoms with E-state index in [0.717, 1.165) is 61.6 Å². The van der Waals surface area contributed by atoms with Crippen LogP contribution in [-0.2, 0) is 31.0 Å². The first-order valence-corrected chi connectivity index (χ1v) is 18.7. The molecule has 5 atom stereocenters. The summed E-state index contributed by atoms with van der Waals surface area (Å²) in [6, 6.07) is 2.01. The smallest absolute Gasteiger partial charge is 0.332 e. The van der Waals surface area contributed by atoms with Crippen molar-refractivity contribution in [2.45, 2.75) is 101 Å². The number of amides is 3. The Hall–Kier alpha value is -4.33. The number of thiophene rings is 1. The predicted octanol–water partition coefficient (Wildman–Crippen LogP) is 4.07. The second-order valence-electron chi connectivity index (χ2n) is 14.1. The molecule has 13 nitrogen and oxygen atoms in total. The quantitative estimate of drug-likeness (QED) is 0.273. The van der Waals surface area contributed by atoms with Gasteiger partial charge in [0.15, 0.2) is 5.82 Å². The monoisotopic (exact) mass is 703 g/mol. The van der Waals surface area contributed by atoms with Crippen molar-refractivity contribution in [2.75, 3.05) is 13.7 Å². The Labute approximate surface area is 295 Å². The average molecular weight is 704 g/mol. The summed E-state index contributed by atoms with van der Waals surface area (Å²) in [4.78, 5) is 66.1. The number of allylic oxidation sites excluding steroid dienone is 1. The zero-order valence-corrected chi connectivity index (χ0v) is 29.5. The third-order valence-electron chi connectivity index (χ3n) is 10.7. The second kappa shape index (κ2) is 14.5. The van der Waals surface area contributed by atoms with Crippen LogP contribution in [0.5, 0.6) is 5.88 Å². The zero-order chi connectivity index (χ0) is 34.8. The normalized spacial score (nSPS) is 28.2. The van der Waals surface area contributed by atoms with E-state index in [0.29, 0.717) is 42.6 Å². The summed E-state index contributed by atoms with van der Waals surface area (Å²) < 4.78 is 14.2. The Morgan fingerprint density at radius 2 is 1.92 bits per heavy atom. The van der Waals surface area contributed by atoms with Crippen LogP contribution in [0.2, 0.25) is 0 Å². The maximum atomic E-state index is 14.5. The Morgan fingerprint density at radius 3 is 2.70 bits per heavy atom. The van der Waals surface area contributed by atoms with Gasteiger partial charge in [0.1, 0.15) is 34.1 Å². The highest BCUT2D eigenvalue weighted by atomic mass is 32.1. The van der Waals surface area contributed by atoms with Crippen LogP contribution in [0, 0.1) is 11.8 Å². The first-order valence-electron chi connectivity index (χ1n) is 17.8. The number of aromatic nitrogens is 4. The van der Waals surface area contributed by atoms with Crippen LogP contribution in [0.15, 0.2) is 35.9 Å². The largest absolute Gasteiger partial charge is 0.471 e. The fourth-order valence-corrected chi connectivity index (χ4v) is 8.59. The topological polar surface area (TPSA) is 158 Å². The van der Waals surface area contributed by atoms with Gasteiger partial charge in [-0.2, -0.15) is 10.1 Å². The lowest BCUT2D eigenvalue weighted by atomic mass is 10.0. The molecule has 266 valence electrons. The lowest BCUT2D eigenvalue weighted by Crippen LogP contribution is -2.56. The van der Waals surface area contributed by atoms with E-state index in [1.165, 1.54) is 23.3 Å². The minimum atomic E-state index is -1.18. The molecule has 2 saturated carbocycles. The van der Waals surface area contributed by atoms with Gasteiger partial charge in [-0.25, -0.2) is 9.78 Å². The van der Waals surface area contributed by atoms with Gasteiger partial charge < -0.3 is 25.0 Å². The summed E-state index contributed by atoms with van der Waals surface area (Å²) in [5, 5.41) is 12.2. The lowest BCUT2D eigenvalue weighted by Gasteiger charge is -2.30. The van der Waals surface area contributed by atoms with Gasteiger partial charge in [-0.05, 0) is 62.0 Å². The molecule has 0 aromatic carbocycles. The van der Waals surface area contributed by atoms with Crippen LogP contribution >= 0.6 is 11.3 Å². The Balaban J connectivity index is 1.18. The molecule has 3 amide bonds. The summed E-state index contributed by atoms with van der Waals surface area (Å²) >= 11 is 1.45. The van der Waals surface area contributed by atoms with Crippen molar-refractivity contribution in [3.8, 4) is 17.4 Å². The lowest BCUT2D eigenvalue weighted by molar-refractivity contribution is -0.148. The summed E-state index contributed by atoms with van der Waals surface area (Å²) in [6.07, 6.45) is 14.3. The van der Waals surface area contributed by atoms with Gasteiger partial charge in [0.25, 0.3) is 0 Å². The fraction of sp³-hybridized carbons (Fsp3) is 0.583. The number of ether oxygens (including phenoxy) is 2. The van der Waals surface area contributed by atoms with Gasteiger partial charge in [-0.1, -0.05) is 37.8 Å². The van der Waals surface area contributed by atoms with E-state index in [1.54, 1.807) is 10.9 Å². The van der Waals surface area contributed by atoms with Gasteiger partial charge in [-0.15, -0.1) is 11.3 Å². The molecule has 0 unspecified atom stereocenters. The van der Waals surface area contributed by atoms with Crippen LogP contribution in [0.25, 0.3) is 21.7 Å². The molecule has 3 fully saturated rings. The number of methoxy groups -OCH3 is 1. The summed E-state index contributed by atoms with van der Waals surface area (Å²) in [5.41, 5.74) is 0.253. The number of carbonyl (C=O) groups is 4. The second-order valence-corrected chi connectivity index (χ2v) is 15.0. The third kappa shape index (κ3) is 6.99. The van der Waals surface area contributed by atoms with Crippen molar-refractivity contribution in [1.29, 1.82) is 0 Å². The van der Waals surface area contributed by atoms with E-state index < -0.39 is 35.6 Å². The number of fused-ring (bicyclic) bond motifs is 3. The molecule has 0 radical (unpaired) electrons. The summed E-state index contributed by atoms with van der Waals surface area (Å²) in [5.74, 6) is -0.442. The molecule has 3 aromatic rings. The molecule has 50 heavy (non-hydrogen) atoms. The van der Waals surface area contributed by atoms with Gasteiger partial charge in [0, 0.05) is 32.0 Å². The molecule has 3 aromatic heterocycles. The van der Waals surface area contributed by atoms with Crippen molar-refractivity contribution in [3.63, 3.8) is 0 Å². The third-order valence-corrected chi connectivity index (χ3v) is 11.6. The zero-order valence-electron chi connectivity index (χ0n) is 28.6. The molecule has 2 aliphatic carbocycles. The van der Waals surface area contributed by atoms with Crippen molar-refractivity contribution < 1.29 is 28.7 Å². The van der Waals surface area contributed by atoms with E-state index in [4.69, 9.17) is 19.4 Å². The van der Waals surface area contributed by atoms with Crippen LogP contribution in [0.3, 0.4) is 0 Å². The highest BCUT2D eigenvalue weighted by molar-refractivity contribution is 7.17. The molecule has 2 N–H and O–H groups in total. The van der Waals surface area contributed by atoms with Crippen molar-refractivity contribution in [3.05, 3.63) is 35.9 Å². The van der Waals surface area contributed by atoms with E-state index in [9.17, 15) is 19.2 Å². The molecule has 5 heterocycles. The van der Waals surface area contributed by atoms with E-state index in [2.05, 4.69) is 21.8 Å². The first kappa shape index (κ1) is 34.1. The highest BCUT2D eigenvalue weighted by Gasteiger charge is 2.62. The minimum Gasteiger partial charge on any atom is -0.471 e. The van der Waals surface area contributed by atoms with Crippen LogP contribution in [0.1, 0.15) is 77.0 Å². The van der Waals surface area contributed by atoms with Crippen molar-refractivity contribution in [1.82, 2.24) is 35.3 Å². The van der Waals surface area contributed by atoms with Gasteiger partial charge >= 0.3 is 5.97 Å². The molecule has 7 rings (SSSR count). The van der Waals surface area contributed by atoms with Crippen molar-refractivity contribution in [2.24, 2.45) is 18.9 Å². The Kier molecular flexibility index (Phi) is 9.89. The number of hydrogen-bond acceptors (Lipinski definition) is 10. The molecule has 14 heteroatoms. The maximum Gasteiger partial charge on any atom is 0.332 e. The van der Waals surface area contributed by atoms with Gasteiger partial charge in [0.05, 0.1) is 19.2 Å². The number of hydrogen-bond donors (Lipinski definition) is 2. The number of aryl methyl sites for hydroxylation is 1. The molecule has 4 aliphatic rings. The van der Waals surface area contributed by atoms with E-state index >= 15 is 0 Å². The molecule has 0 bridgehead atoms. The summed E-state index contributed by atoms with van der Waals surface area (Å²) in [6.45, 7) is 0.110. The van der Waals surface area contributed by atoms with E-state index in [1.807, 2.05) is 30.6 Å². The number of rotatable bonds is 7. The van der Waals surface area contributed by atoms with Crippen LogP contribution in [-0.4, -0.2) is 85.7 Å². The number of esters is 1. The molecule has 0 spiro atoms. The van der Waals surface area contributed by atoms with Gasteiger partial charge in [0.2, 0.25) is 23.6 Å². The molecular formula is C36H45N7O6S. The van der Waals surface area contributed by atoms with Crippen LogP contribution in [0.4, 0.5) is 0 Å². The Morgan fingerprint density at radius 1 is 1.10 bits per heavy atom. The average Bonchev–Trinajstić information content (AvgIpc) is 3.71. The van der Waals surface area contributed by atoms with Gasteiger partial charge in [-0.3, -0.25) is 19.1 Å². The SMILES string of the molecule is COC(=O)[C@@]12C[C@H]1/C=C\CCCCC[C@H](NC(=O)CC1CCCC1)C(=O)N1C[C@H](Oc3nc(-c4ccnn4C)nc4ccsc34)C[C@H]1C(=O)N2. The predicted molar refractivity (Wildman–Crippen MR) is 186 cm³/mol. The summed E-state index contributed by atoms with van der Waals surface area (Å²) in [7, 11) is 3.13. The first-order chi connectivity index (χ1) is 24.3. The minimum absolute atomic E-state index is 0.110. The fourth-order valence-electron chi connectivity index (χ4n) is 7.83. The van der Waals surface area contributed by atoms with Crippen LogP contribution < -0.4 is 15.4 Å². The molecular weight excluding hydrogens is 659 g/mol. The standard InChI is InChI=1S/C36H45N7O6S/c1-42-27(14-16-37-42)31-39-25-15-17-50-30(25)33(40-31)49-24-19-28-32(45)41-36(35(47)48-2)20-23(36)12-6-4-3-5-7-13-26(34(46)43(28)21-24)38-29(44)18-22-10-8-9-11-22/h6,12,14-17,22-24,26,28H,3-5,7-11,13,18-21H2,1-2H3,(H,38,44)(H,41,45)/b12-6-/t23-,24-,26+,28+,36-/m1/s1. The number of nitrogens with one attached hydrogen (secondary N) is 2. The van der Waals surface area contributed by atoms with E-state index in [-0.39, 0.29) is 30.7 Å². The maximum absolute atomic E-state index is 14.5. The molecule has 2 aliphatic heterocycles. The number of carbonyl (C=O) groups excluding carboxylic acids is 4. The van der Waals surface area contributed by atoms with Crippen molar-refractivity contribution >= 4 is 45.2 Å². The molecule has 1 saturated heterocycles. The Bertz CT molecular complexity index is 1780. The highest BCUT2D eigenvalue weighted by Crippen LogP contribution is 2.46. The number of nitrogens with zero attached hydrogens (tertiary/aromatic N) is 5.